The molecule has 0 spiro atoms. The highest BCUT2D eigenvalue weighted by molar-refractivity contribution is 5.85. The van der Waals surface area contributed by atoms with Crippen molar-refractivity contribution >= 4 is 6.29 Å². The first-order valence-corrected chi connectivity index (χ1v) is 5.82. The van der Waals surface area contributed by atoms with Crippen molar-refractivity contribution in [2.24, 2.45) is 7.05 Å². The predicted molar refractivity (Wildman–Crippen MR) is 68.0 cm³/mol. The van der Waals surface area contributed by atoms with Gasteiger partial charge < -0.3 is 0 Å². The van der Waals surface area contributed by atoms with E-state index in [1.165, 1.54) is 5.56 Å². The highest BCUT2D eigenvalue weighted by Crippen LogP contribution is 2.21. The minimum Gasteiger partial charge on any atom is -0.298 e. The van der Waals surface area contributed by atoms with E-state index in [0.717, 1.165) is 30.4 Å². The lowest BCUT2D eigenvalue weighted by atomic mass is 10.0. The Bertz CT molecular complexity index is 512. The van der Waals surface area contributed by atoms with Crippen molar-refractivity contribution in [1.82, 2.24) is 9.78 Å². The second kappa shape index (κ2) is 4.95. The van der Waals surface area contributed by atoms with Crippen LogP contribution in [-0.4, -0.2) is 16.1 Å². The Balaban J connectivity index is 2.35. The number of aryl methyl sites for hydroxylation is 2. The van der Waals surface area contributed by atoms with Crippen molar-refractivity contribution in [1.29, 1.82) is 0 Å². The van der Waals surface area contributed by atoms with Gasteiger partial charge in [-0.25, -0.2) is 0 Å². The van der Waals surface area contributed by atoms with Gasteiger partial charge in [-0.2, -0.15) is 5.10 Å². The van der Waals surface area contributed by atoms with Gasteiger partial charge in [-0.1, -0.05) is 37.6 Å². The van der Waals surface area contributed by atoms with Crippen LogP contribution in [0.1, 0.15) is 29.3 Å². The zero-order valence-electron chi connectivity index (χ0n) is 10.2. The molecular formula is C14H16N2O. The van der Waals surface area contributed by atoms with E-state index in [9.17, 15) is 4.79 Å². The molecule has 2 rings (SSSR count). The van der Waals surface area contributed by atoms with Gasteiger partial charge in [0.2, 0.25) is 0 Å². The first-order valence-electron chi connectivity index (χ1n) is 5.82. The monoisotopic (exact) mass is 228 g/mol. The van der Waals surface area contributed by atoms with E-state index in [1.807, 2.05) is 19.2 Å². The molecule has 0 unspecified atom stereocenters. The van der Waals surface area contributed by atoms with Crippen molar-refractivity contribution in [2.75, 3.05) is 0 Å². The molecule has 3 nitrogen and oxygen atoms in total. The molecule has 0 radical (unpaired) electrons. The number of aromatic nitrogens is 2. The second-order valence-electron chi connectivity index (χ2n) is 4.17. The van der Waals surface area contributed by atoms with Gasteiger partial charge in [-0.05, 0) is 12.0 Å². The lowest BCUT2D eigenvalue weighted by Crippen LogP contribution is -1.89. The largest absolute Gasteiger partial charge is 0.298 e. The summed E-state index contributed by atoms with van der Waals surface area (Å²) in [5, 5.41) is 4.31. The zero-order valence-corrected chi connectivity index (χ0v) is 10.2. The Hall–Kier alpha value is -1.90. The van der Waals surface area contributed by atoms with E-state index in [0.29, 0.717) is 5.56 Å². The smallest absolute Gasteiger partial charge is 0.153 e. The van der Waals surface area contributed by atoms with Crippen LogP contribution in [0.2, 0.25) is 0 Å². The topological polar surface area (TPSA) is 34.9 Å². The molecule has 1 aromatic carbocycles. The molecule has 17 heavy (non-hydrogen) atoms. The summed E-state index contributed by atoms with van der Waals surface area (Å²) in [6.45, 7) is 2.16. The van der Waals surface area contributed by atoms with Gasteiger partial charge in [0.1, 0.15) is 5.69 Å². The van der Waals surface area contributed by atoms with Crippen LogP contribution in [0.3, 0.4) is 0 Å². The summed E-state index contributed by atoms with van der Waals surface area (Å²) >= 11 is 0. The normalized spacial score (nSPS) is 10.5. The fourth-order valence-electron chi connectivity index (χ4n) is 1.94. The van der Waals surface area contributed by atoms with Gasteiger partial charge in [0.25, 0.3) is 0 Å². The first-order chi connectivity index (χ1) is 8.24. The van der Waals surface area contributed by atoms with Crippen LogP contribution in [0.5, 0.6) is 0 Å². The highest BCUT2D eigenvalue weighted by atomic mass is 16.1. The van der Waals surface area contributed by atoms with Crippen molar-refractivity contribution in [3.63, 3.8) is 0 Å². The molecule has 0 N–H and O–H groups in total. The third-order valence-corrected chi connectivity index (χ3v) is 2.75. The number of nitrogens with zero attached hydrogens (tertiary/aromatic N) is 2. The SMILES string of the molecule is CCCc1ccc(-c2nn(C)cc2C=O)cc1. The minimum absolute atomic E-state index is 0.635. The third-order valence-electron chi connectivity index (χ3n) is 2.75. The van der Waals surface area contributed by atoms with E-state index in [-0.39, 0.29) is 0 Å². The molecule has 2 aromatic rings. The molecule has 0 saturated carbocycles. The van der Waals surface area contributed by atoms with Crippen LogP contribution in [0.25, 0.3) is 11.3 Å². The van der Waals surface area contributed by atoms with E-state index in [4.69, 9.17) is 0 Å². The lowest BCUT2D eigenvalue weighted by Gasteiger charge is -2.01. The van der Waals surface area contributed by atoms with Crippen LogP contribution in [0.4, 0.5) is 0 Å². The van der Waals surface area contributed by atoms with Crippen LogP contribution in [0, 0.1) is 0 Å². The summed E-state index contributed by atoms with van der Waals surface area (Å²) in [6.07, 6.45) is 4.82. The van der Waals surface area contributed by atoms with Gasteiger partial charge in [0.15, 0.2) is 6.29 Å². The summed E-state index contributed by atoms with van der Waals surface area (Å²) in [6, 6.07) is 8.25. The lowest BCUT2D eigenvalue weighted by molar-refractivity contribution is 0.112. The quantitative estimate of drug-likeness (QED) is 0.754. The molecule has 0 bridgehead atoms. The summed E-state index contributed by atoms with van der Waals surface area (Å²) < 4.78 is 1.67. The summed E-state index contributed by atoms with van der Waals surface area (Å²) in [4.78, 5) is 10.9. The van der Waals surface area contributed by atoms with Crippen LogP contribution >= 0.6 is 0 Å². The molecule has 0 atom stereocenters. The van der Waals surface area contributed by atoms with Crippen LogP contribution in [0.15, 0.2) is 30.5 Å². The van der Waals surface area contributed by atoms with Crippen molar-refractivity contribution < 1.29 is 4.79 Å². The van der Waals surface area contributed by atoms with Crippen LogP contribution in [-0.2, 0) is 13.5 Å². The number of aldehydes is 1. The van der Waals surface area contributed by atoms with Gasteiger partial charge in [-0.3, -0.25) is 9.48 Å². The maximum absolute atomic E-state index is 10.9. The average Bonchev–Trinajstić information content (AvgIpc) is 2.72. The number of carbonyl (C=O) groups is 1. The number of hydrogen-bond acceptors (Lipinski definition) is 2. The Morgan fingerprint density at radius 1 is 1.29 bits per heavy atom. The Morgan fingerprint density at radius 2 is 2.00 bits per heavy atom. The standard InChI is InChI=1S/C14H16N2O/c1-3-4-11-5-7-12(8-6-11)14-13(10-17)9-16(2)15-14/h5-10H,3-4H2,1-2H3. The predicted octanol–water partition coefficient (Wildman–Crippen LogP) is 2.85. The maximum atomic E-state index is 10.9. The van der Waals surface area contributed by atoms with E-state index in [1.54, 1.807) is 10.9 Å². The molecule has 1 heterocycles. The number of benzene rings is 1. The van der Waals surface area contributed by atoms with Crippen molar-refractivity contribution in [2.45, 2.75) is 19.8 Å². The molecule has 0 aliphatic carbocycles. The molecular weight excluding hydrogens is 212 g/mol. The van der Waals surface area contributed by atoms with E-state index >= 15 is 0 Å². The first kappa shape index (κ1) is 11.6. The van der Waals surface area contributed by atoms with Crippen molar-refractivity contribution in [3.05, 3.63) is 41.6 Å². The zero-order chi connectivity index (χ0) is 12.3. The fraction of sp³-hybridized carbons (Fsp3) is 0.286. The minimum atomic E-state index is 0.635. The van der Waals surface area contributed by atoms with Crippen molar-refractivity contribution in [3.8, 4) is 11.3 Å². The number of hydrogen-bond donors (Lipinski definition) is 0. The fourth-order valence-corrected chi connectivity index (χ4v) is 1.94. The maximum Gasteiger partial charge on any atom is 0.153 e. The number of rotatable bonds is 4. The van der Waals surface area contributed by atoms with E-state index < -0.39 is 0 Å². The second-order valence-corrected chi connectivity index (χ2v) is 4.17. The molecule has 0 saturated heterocycles. The van der Waals surface area contributed by atoms with Gasteiger partial charge >= 0.3 is 0 Å². The highest BCUT2D eigenvalue weighted by Gasteiger charge is 2.08. The van der Waals surface area contributed by atoms with Gasteiger partial charge in [0.05, 0.1) is 5.56 Å². The molecule has 88 valence electrons. The third kappa shape index (κ3) is 2.44. The summed E-state index contributed by atoms with van der Waals surface area (Å²) in [5.41, 5.74) is 3.70. The summed E-state index contributed by atoms with van der Waals surface area (Å²) in [7, 11) is 1.82. The molecule has 0 fully saturated rings. The van der Waals surface area contributed by atoms with E-state index in [2.05, 4.69) is 24.2 Å². The molecule has 1 aromatic heterocycles. The Morgan fingerprint density at radius 3 is 2.59 bits per heavy atom. The van der Waals surface area contributed by atoms with Gasteiger partial charge in [0, 0.05) is 18.8 Å². The molecule has 3 heteroatoms. The Labute approximate surface area is 101 Å². The molecule has 0 aliphatic heterocycles. The van der Waals surface area contributed by atoms with Crippen LogP contribution < -0.4 is 0 Å². The molecule has 0 amide bonds. The Kier molecular flexibility index (Phi) is 3.38. The average molecular weight is 228 g/mol. The number of carbonyl (C=O) groups excluding carboxylic acids is 1. The van der Waals surface area contributed by atoms with Gasteiger partial charge in [-0.15, -0.1) is 0 Å². The molecule has 0 aliphatic rings. The summed E-state index contributed by atoms with van der Waals surface area (Å²) in [5.74, 6) is 0.